The van der Waals surface area contributed by atoms with E-state index in [1.54, 1.807) is 4.90 Å². The van der Waals surface area contributed by atoms with E-state index in [1.165, 1.54) is 0 Å². The molecular weight excluding hydrogens is 194 g/mol. The van der Waals surface area contributed by atoms with Crippen molar-refractivity contribution in [1.29, 1.82) is 0 Å². The fourth-order valence-electron chi connectivity index (χ4n) is 1.73. The van der Waals surface area contributed by atoms with E-state index in [-0.39, 0.29) is 0 Å². The molecule has 1 aliphatic heterocycles. The monoisotopic (exact) mass is 209 g/mol. The highest BCUT2D eigenvalue weighted by Gasteiger charge is 2.15. The van der Waals surface area contributed by atoms with Gasteiger partial charge in [0.25, 0.3) is 0 Å². The Morgan fingerprint density at radius 3 is 2.73 bits per heavy atom. The summed E-state index contributed by atoms with van der Waals surface area (Å²) in [7, 11) is 0. The standard InChI is InChI=1S/C9H15N5O/c10-9-5-8(11-12-9)6-13-1-3-14(7-15)4-2-13/h5,7H,1-4,6H2,(H3,10,11,12). The van der Waals surface area contributed by atoms with E-state index in [9.17, 15) is 4.79 Å². The lowest BCUT2D eigenvalue weighted by Crippen LogP contribution is -2.45. The number of hydrogen-bond donors (Lipinski definition) is 2. The van der Waals surface area contributed by atoms with Gasteiger partial charge in [-0.3, -0.25) is 14.8 Å². The predicted molar refractivity (Wildman–Crippen MR) is 55.9 cm³/mol. The van der Waals surface area contributed by atoms with Gasteiger partial charge in [0.2, 0.25) is 6.41 Å². The lowest BCUT2D eigenvalue weighted by molar-refractivity contribution is -0.119. The van der Waals surface area contributed by atoms with Gasteiger partial charge in [-0.15, -0.1) is 0 Å². The van der Waals surface area contributed by atoms with Crippen molar-refractivity contribution >= 4 is 12.2 Å². The van der Waals surface area contributed by atoms with Crippen LogP contribution in [0.1, 0.15) is 5.69 Å². The fraction of sp³-hybridized carbons (Fsp3) is 0.556. The lowest BCUT2D eigenvalue weighted by Gasteiger charge is -2.31. The van der Waals surface area contributed by atoms with Crippen molar-refractivity contribution in [3.05, 3.63) is 11.8 Å². The molecule has 0 spiro atoms. The van der Waals surface area contributed by atoms with E-state index in [1.807, 2.05) is 6.07 Å². The van der Waals surface area contributed by atoms with Crippen LogP contribution in [0.2, 0.25) is 0 Å². The fourth-order valence-corrected chi connectivity index (χ4v) is 1.73. The zero-order chi connectivity index (χ0) is 10.7. The summed E-state index contributed by atoms with van der Waals surface area (Å²) in [5.74, 6) is 0.525. The molecule has 0 aliphatic carbocycles. The first-order valence-corrected chi connectivity index (χ1v) is 4.99. The SMILES string of the molecule is Nc1cc(CN2CCN(C=O)CC2)[nH]n1. The number of carbonyl (C=O) groups is 1. The van der Waals surface area contributed by atoms with Crippen LogP contribution in [0.15, 0.2) is 6.07 Å². The van der Waals surface area contributed by atoms with Gasteiger partial charge in [0, 0.05) is 38.8 Å². The number of carbonyl (C=O) groups excluding carboxylic acids is 1. The highest BCUT2D eigenvalue weighted by Crippen LogP contribution is 2.07. The summed E-state index contributed by atoms with van der Waals surface area (Å²) < 4.78 is 0. The number of anilines is 1. The van der Waals surface area contributed by atoms with Crippen molar-refractivity contribution in [1.82, 2.24) is 20.0 Å². The van der Waals surface area contributed by atoms with Gasteiger partial charge in [-0.1, -0.05) is 0 Å². The summed E-state index contributed by atoms with van der Waals surface area (Å²) in [6, 6.07) is 1.84. The van der Waals surface area contributed by atoms with Gasteiger partial charge in [0.05, 0.1) is 5.69 Å². The number of hydrogen-bond acceptors (Lipinski definition) is 4. The van der Waals surface area contributed by atoms with Gasteiger partial charge in [-0.2, -0.15) is 5.10 Å². The average molecular weight is 209 g/mol. The Hall–Kier alpha value is -1.56. The molecule has 1 aromatic heterocycles. The Bertz CT molecular complexity index is 329. The maximum Gasteiger partial charge on any atom is 0.209 e. The largest absolute Gasteiger partial charge is 0.382 e. The Morgan fingerprint density at radius 1 is 1.47 bits per heavy atom. The van der Waals surface area contributed by atoms with E-state index < -0.39 is 0 Å². The molecule has 1 saturated heterocycles. The molecule has 0 saturated carbocycles. The molecule has 0 bridgehead atoms. The van der Waals surface area contributed by atoms with Crippen LogP contribution in [0, 0.1) is 0 Å². The van der Waals surface area contributed by atoms with Crippen LogP contribution in [0.5, 0.6) is 0 Å². The molecule has 0 unspecified atom stereocenters. The minimum absolute atomic E-state index is 0.525. The average Bonchev–Trinajstić information content (AvgIpc) is 2.65. The Balaban J connectivity index is 1.84. The summed E-state index contributed by atoms with van der Waals surface area (Å²) in [5.41, 5.74) is 6.53. The molecule has 0 aromatic carbocycles. The quantitative estimate of drug-likeness (QED) is 0.643. The third kappa shape index (κ3) is 2.47. The van der Waals surface area contributed by atoms with E-state index in [0.717, 1.165) is 44.8 Å². The Kier molecular flexibility index (Phi) is 2.86. The number of H-pyrrole nitrogens is 1. The van der Waals surface area contributed by atoms with Crippen molar-refractivity contribution in [3.8, 4) is 0 Å². The van der Waals surface area contributed by atoms with Crippen molar-refractivity contribution in [2.45, 2.75) is 6.54 Å². The smallest absolute Gasteiger partial charge is 0.209 e. The number of nitrogens with two attached hydrogens (primary N) is 1. The van der Waals surface area contributed by atoms with Gasteiger partial charge in [0.15, 0.2) is 0 Å². The first kappa shape index (κ1) is 9.97. The van der Waals surface area contributed by atoms with E-state index in [0.29, 0.717) is 5.82 Å². The zero-order valence-corrected chi connectivity index (χ0v) is 8.52. The van der Waals surface area contributed by atoms with Crippen molar-refractivity contribution in [2.75, 3.05) is 31.9 Å². The van der Waals surface area contributed by atoms with E-state index in [4.69, 9.17) is 5.73 Å². The minimum atomic E-state index is 0.525. The van der Waals surface area contributed by atoms with Crippen LogP contribution < -0.4 is 5.73 Å². The summed E-state index contributed by atoms with van der Waals surface area (Å²) in [6.07, 6.45) is 0.908. The van der Waals surface area contributed by atoms with Crippen molar-refractivity contribution in [3.63, 3.8) is 0 Å². The first-order valence-electron chi connectivity index (χ1n) is 4.99. The van der Waals surface area contributed by atoms with Crippen LogP contribution in [0.3, 0.4) is 0 Å². The van der Waals surface area contributed by atoms with E-state index >= 15 is 0 Å². The molecule has 2 rings (SSSR count). The molecule has 1 aromatic rings. The van der Waals surface area contributed by atoms with Crippen LogP contribution in [-0.4, -0.2) is 52.6 Å². The molecule has 15 heavy (non-hydrogen) atoms. The third-order valence-electron chi connectivity index (χ3n) is 2.60. The van der Waals surface area contributed by atoms with Gasteiger partial charge < -0.3 is 10.6 Å². The second kappa shape index (κ2) is 4.31. The summed E-state index contributed by atoms with van der Waals surface area (Å²) in [4.78, 5) is 14.6. The number of nitrogens with zero attached hydrogens (tertiary/aromatic N) is 3. The topological polar surface area (TPSA) is 78.2 Å². The Labute approximate surface area is 88.0 Å². The lowest BCUT2D eigenvalue weighted by atomic mass is 10.3. The van der Waals surface area contributed by atoms with Crippen molar-refractivity contribution in [2.24, 2.45) is 0 Å². The molecule has 1 amide bonds. The maximum absolute atomic E-state index is 10.5. The highest BCUT2D eigenvalue weighted by molar-refractivity contribution is 5.47. The highest BCUT2D eigenvalue weighted by atomic mass is 16.1. The van der Waals surface area contributed by atoms with Crippen LogP contribution in [0.4, 0.5) is 5.82 Å². The van der Waals surface area contributed by atoms with Gasteiger partial charge in [0.1, 0.15) is 5.82 Å². The van der Waals surface area contributed by atoms with Crippen molar-refractivity contribution < 1.29 is 4.79 Å². The number of nitrogens with one attached hydrogen (secondary N) is 1. The number of piperazine rings is 1. The number of rotatable bonds is 3. The molecule has 0 atom stereocenters. The van der Waals surface area contributed by atoms with Crippen LogP contribution in [-0.2, 0) is 11.3 Å². The Morgan fingerprint density at radius 2 is 2.20 bits per heavy atom. The molecule has 6 heteroatoms. The molecule has 82 valence electrons. The number of nitrogen functional groups attached to an aromatic ring is 1. The molecule has 1 aliphatic rings. The van der Waals surface area contributed by atoms with Gasteiger partial charge in [-0.05, 0) is 0 Å². The van der Waals surface area contributed by atoms with Gasteiger partial charge >= 0.3 is 0 Å². The molecule has 0 radical (unpaired) electrons. The van der Waals surface area contributed by atoms with E-state index in [2.05, 4.69) is 15.1 Å². The second-order valence-corrected chi connectivity index (χ2v) is 3.74. The summed E-state index contributed by atoms with van der Waals surface area (Å²) in [5, 5.41) is 6.75. The first-order chi connectivity index (χ1) is 7.28. The second-order valence-electron chi connectivity index (χ2n) is 3.74. The van der Waals surface area contributed by atoms with Crippen LogP contribution in [0.25, 0.3) is 0 Å². The summed E-state index contributed by atoms with van der Waals surface area (Å²) >= 11 is 0. The zero-order valence-electron chi connectivity index (χ0n) is 8.52. The predicted octanol–water partition coefficient (Wildman–Crippen LogP) is -0.734. The molecular formula is C9H15N5O. The molecule has 1 fully saturated rings. The molecule has 6 nitrogen and oxygen atoms in total. The normalized spacial score (nSPS) is 18.0. The number of amides is 1. The number of aromatic nitrogens is 2. The number of aromatic amines is 1. The molecule has 2 heterocycles. The minimum Gasteiger partial charge on any atom is -0.382 e. The third-order valence-corrected chi connectivity index (χ3v) is 2.60. The summed E-state index contributed by atoms with van der Waals surface area (Å²) in [6.45, 7) is 4.21. The molecule has 3 N–H and O–H groups in total. The van der Waals surface area contributed by atoms with Gasteiger partial charge in [-0.25, -0.2) is 0 Å². The van der Waals surface area contributed by atoms with Crippen LogP contribution >= 0.6 is 0 Å². The maximum atomic E-state index is 10.5.